The number of rotatable bonds is 1. The molecule has 0 spiro atoms. The molecule has 14 heavy (non-hydrogen) atoms. The Balaban J connectivity index is 1.79. The Morgan fingerprint density at radius 2 is 1.36 bits per heavy atom. The Bertz CT molecular complexity index is 363. The van der Waals surface area contributed by atoms with Gasteiger partial charge in [-0.15, -0.1) is 0 Å². The second-order valence-electron chi connectivity index (χ2n) is 7.45. The largest absolute Gasteiger partial charge is 0.0845 e. The third-order valence-corrected chi connectivity index (χ3v) is 10.2. The molecule has 6 rings (SSSR count). The van der Waals surface area contributed by atoms with Gasteiger partial charge in [-0.3, -0.25) is 0 Å². The van der Waals surface area contributed by atoms with Gasteiger partial charge in [0, 0.05) is 0 Å². The molecule has 6 atom stereocenters. The molecule has 0 aromatic carbocycles. The first-order valence-corrected chi connectivity index (χ1v) is 9.78. The van der Waals surface area contributed by atoms with Crippen molar-refractivity contribution in [2.24, 2.45) is 41.4 Å². The first-order valence-electron chi connectivity index (χ1n) is 6.28. The van der Waals surface area contributed by atoms with E-state index in [9.17, 15) is 0 Å². The SMILES string of the molecule is C[Si](C)(C)C12C3C4C5C=CC(C43)C1C52. The van der Waals surface area contributed by atoms with Gasteiger partial charge < -0.3 is 0 Å². The highest BCUT2D eigenvalue weighted by atomic mass is 28.3. The van der Waals surface area contributed by atoms with Crippen LogP contribution in [-0.4, -0.2) is 8.07 Å². The van der Waals surface area contributed by atoms with E-state index in [0.29, 0.717) is 0 Å². The summed E-state index contributed by atoms with van der Waals surface area (Å²) >= 11 is 0. The third-order valence-electron chi connectivity index (χ3n) is 6.64. The van der Waals surface area contributed by atoms with Crippen molar-refractivity contribution in [3.63, 3.8) is 0 Å². The molecule has 6 unspecified atom stereocenters. The van der Waals surface area contributed by atoms with Crippen LogP contribution in [0.25, 0.3) is 0 Å². The fourth-order valence-electron chi connectivity index (χ4n) is 6.74. The molecule has 0 aromatic rings. The van der Waals surface area contributed by atoms with E-state index in [1.807, 2.05) is 0 Å². The van der Waals surface area contributed by atoms with Crippen molar-refractivity contribution in [1.82, 2.24) is 0 Å². The molecule has 4 fully saturated rings. The van der Waals surface area contributed by atoms with E-state index < -0.39 is 8.07 Å². The molecular weight excluding hydrogens is 184 g/mol. The lowest BCUT2D eigenvalue weighted by Gasteiger charge is -2.28. The molecule has 1 heteroatoms. The summed E-state index contributed by atoms with van der Waals surface area (Å²) in [6.45, 7) is 7.92. The Hall–Kier alpha value is -0.0431. The van der Waals surface area contributed by atoms with Crippen molar-refractivity contribution in [3.05, 3.63) is 12.2 Å². The van der Waals surface area contributed by atoms with Crippen LogP contribution in [0.5, 0.6) is 0 Å². The predicted molar refractivity (Wildman–Crippen MR) is 59.6 cm³/mol. The molecule has 0 radical (unpaired) electrons. The summed E-state index contributed by atoms with van der Waals surface area (Å²) in [4.78, 5) is 0. The number of allylic oxidation sites excluding steroid dienone is 2. The van der Waals surface area contributed by atoms with E-state index >= 15 is 0 Å². The van der Waals surface area contributed by atoms with Gasteiger partial charge in [0.1, 0.15) is 0 Å². The van der Waals surface area contributed by atoms with Crippen molar-refractivity contribution in [2.75, 3.05) is 0 Å². The van der Waals surface area contributed by atoms with Crippen molar-refractivity contribution in [1.29, 1.82) is 0 Å². The second kappa shape index (κ2) is 1.52. The Morgan fingerprint density at radius 3 is 1.64 bits per heavy atom. The predicted octanol–water partition coefficient (Wildman–Crippen LogP) is 3.00. The van der Waals surface area contributed by atoms with E-state index in [-0.39, 0.29) is 0 Å². The van der Waals surface area contributed by atoms with Crippen molar-refractivity contribution in [3.8, 4) is 0 Å². The van der Waals surface area contributed by atoms with Gasteiger partial charge in [0.2, 0.25) is 0 Å². The van der Waals surface area contributed by atoms with Crippen LogP contribution in [-0.2, 0) is 0 Å². The molecule has 0 saturated heterocycles. The second-order valence-corrected chi connectivity index (χ2v) is 12.8. The van der Waals surface area contributed by atoms with Crippen LogP contribution in [0.1, 0.15) is 0 Å². The van der Waals surface area contributed by atoms with Gasteiger partial charge in [-0.25, -0.2) is 0 Å². The summed E-state index contributed by atoms with van der Waals surface area (Å²) in [6.07, 6.45) is 5.23. The Kier molecular flexibility index (Phi) is 0.787. The minimum atomic E-state index is -0.901. The zero-order valence-electron chi connectivity index (χ0n) is 9.20. The minimum Gasteiger partial charge on any atom is -0.0845 e. The van der Waals surface area contributed by atoms with Crippen LogP contribution >= 0.6 is 0 Å². The van der Waals surface area contributed by atoms with Crippen LogP contribution in [0, 0.1) is 41.4 Å². The normalized spacial score (nSPS) is 74.1. The Labute approximate surface area is 86.8 Å². The maximum atomic E-state index is 2.64. The van der Waals surface area contributed by atoms with Crippen molar-refractivity contribution in [2.45, 2.75) is 24.7 Å². The third kappa shape index (κ3) is 0.399. The lowest BCUT2D eigenvalue weighted by Crippen LogP contribution is -2.32. The molecule has 4 saturated carbocycles. The zero-order chi connectivity index (χ0) is 9.46. The molecule has 2 bridgehead atoms. The van der Waals surface area contributed by atoms with Gasteiger partial charge >= 0.3 is 0 Å². The quantitative estimate of drug-likeness (QED) is 0.453. The van der Waals surface area contributed by atoms with E-state index in [2.05, 4.69) is 31.8 Å². The lowest BCUT2D eigenvalue weighted by molar-refractivity contribution is 0.290. The molecule has 0 nitrogen and oxygen atoms in total. The Morgan fingerprint density at radius 1 is 0.857 bits per heavy atom. The maximum absolute atomic E-state index is 2.64. The molecule has 74 valence electrons. The molecule has 0 N–H and O–H groups in total. The average molecular weight is 202 g/mol. The monoisotopic (exact) mass is 202 g/mol. The lowest BCUT2D eigenvalue weighted by atomic mass is 9.76. The fourth-order valence-corrected chi connectivity index (χ4v) is 10.8. The molecule has 0 amide bonds. The van der Waals surface area contributed by atoms with E-state index in [4.69, 9.17) is 0 Å². The minimum absolute atomic E-state index is 0.901. The molecular formula is C13H18Si. The highest BCUT2D eigenvalue weighted by Gasteiger charge is 2.96. The van der Waals surface area contributed by atoms with Crippen LogP contribution in [0.4, 0.5) is 0 Å². The summed E-state index contributed by atoms with van der Waals surface area (Å²) in [5.74, 6) is 8.08. The van der Waals surface area contributed by atoms with Crippen LogP contribution < -0.4 is 0 Å². The van der Waals surface area contributed by atoms with Gasteiger partial charge in [0.05, 0.1) is 8.07 Å². The molecule has 0 aliphatic heterocycles. The maximum Gasteiger partial charge on any atom is 0.0517 e. The average Bonchev–Trinajstić information content (AvgIpc) is 2.88. The summed E-state index contributed by atoms with van der Waals surface area (Å²) in [5.41, 5.74) is 0. The van der Waals surface area contributed by atoms with Crippen LogP contribution in [0.3, 0.4) is 0 Å². The van der Waals surface area contributed by atoms with Gasteiger partial charge in [-0.05, 0) is 46.5 Å². The highest BCUT2D eigenvalue weighted by molar-refractivity contribution is 6.80. The summed E-state index contributed by atoms with van der Waals surface area (Å²) in [7, 11) is -0.901. The molecule has 6 aliphatic carbocycles. The first kappa shape index (κ1) is 7.27. The molecule has 6 aliphatic rings. The van der Waals surface area contributed by atoms with Gasteiger partial charge in [-0.1, -0.05) is 31.8 Å². The van der Waals surface area contributed by atoms with Gasteiger partial charge in [-0.2, -0.15) is 0 Å². The highest BCUT2D eigenvalue weighted by Crippen LogP contribution is 3.01. The number of hydrogen-bond donors (Lipinski definition) is 0. The van der Waals surface area contributed by atoms with Crippen LogP contribution in [0.2, 0.25) is 24.7 Å². The summed E-state index contributed by atoms with van der Waals surface area (Å²) in [5, 5.41) is 0.946. The smallest absolute Gasteiger partial charge is 0.0517 e. The van der Waals surface area contributed by atoms with E-state index in [0.717, 1.165) is 16.9 Å². The first-order chi connectivity index (χ1) is 6.60. The van der Waals surface area contributed by atoms with Crippen molar-refractivity contribution >= 4 is 8.07 Å². The molecule has 0 aromatic heterocycles. The zero-order valence-corrected chi connectivity index (χ0v) is 10.2. The molecule has 0 heterocycles. The van der Waals surface area contributed by atoms with Gasteiger partial charge in [0.15, 0.2) is 0 Å². The van der Waals surface area contributed by atoms with Crippen LogP contribution in [0.15, 0.2) is 12.2 Å². The summed E-state index contributed by atoms with van der Waals surface area (Å²) < 4.78 is 0. The van der Waals surface area contributed by atoms with E-state index in [1.165, 1.54) is 29.6 Å². The fraction of sp³-hybridized carbons (Fsp3) is 0.846. The number of hydrogen-bond acceptors (Lipinski definition) is 0. The van der Waals surface area contributed by atoms with Crippen molar-refractivity contribution < 1.29 is 0 Å². The van der Waals surface area contributed by atoms with E-state index in [1.54, 1.807) is 0 Å². The topological polar surface area (TPSA) is 0 Å². The standard InChI is InChI=1S/C13H18Si/c1-14(2,3)13-10-6-4-5-7(11(10)13)9-8(6)12(9)13/h4-12H,1-3H3. The summed E-state index contributed by atoms with van der Waals surface area (Å²) in [6, 6.07) is 0. The van der Waals surface area contributed by atoms with Gasteiger partial charge in [0.25, 0.3) is 0 Å².